The number of hydrogen-bond acceptors (Lipinski definition) is 0. The van der Waals surface area contributed by atoms with Crippen molar-refractivity contribution >= 4 is 37.7 Å². The predicted molar refractivity (Wildman–Crippen MR) is 47.2 cm³/mol. The van der Waals surface area contributed by atoms with Crippen molar-refractivity contribution in [2.24, 2.45) is 0 Å². The molecule has 0 unspecified atom stereocenters. The summed E-state index contributed by atoms with van der Waals surface area (Å²) >= 11 is 0. The Bertz CT molecular complexity index is 42.5. The molecule has 0 aromatic carbocycles. The molecule has 0 rings (SSSR count). The molecule has 0 aliphatic rings. The van der Waals surface area contributed by atoms with E-state index in [2.05, 4.69) is 19.2 Å². The maximum Gasteiger partial charge on any atom is 2.00 e. The van der Waals surface area contributed by atoms with Crippen LogP contribution in [0.1, 0.15) is 39.5 Å². The van der Waals surface area contributed by atoms with Crippen molar-refractivity contribution in [3.8, 4) is 0 Å². The van der Waals surface area contributed by atoms with Crippen LogP contribution in [0.25, 0.3) is 0 Å². The van der Waals surface area contributed by atoms with Gasteiger partial charge < -0.3 is 5.32 Å². The van der Waals surface area contributed by atoms with Gasteiger partial charge in [-0.25, -0.2) is 0 Å². The van der Waals surface area contributed by atoms with Gasteiger partial charge in [-0.1, -0.05) is 26.7 Å². The summed E-state index contributed by atoms with van der Waals surface area (Å²) in [7, 11) is 0. The van der Waals surface area contributed by atoms with E-state index >= 15 is 0 Å². The van der Waals surface area contributed by atoms with Crippen LogP contribution >= 0.6 is 0 Å². The van der Waals surface area contributed by atoms with Gasteiger partial charge in [0.1, 0.15) is 0 Å². The van der Waals surface area contributed by atoms with E-state index in [9.17, 15) is 0 Å². The predicted octanol–water partition coefficient (Wildman–Crippen LogP) is 0.769. The molecule has 0 heterocycles. The van der Waals surface area contributed by atoms with Crippen LogP contribution in [-0.2, 0) is 0 Å². The van der Waals surface area contributed by atoms with Gasteiger partial charge in [0, 0.05) is 0 Å². The minimum absolute atomic E-state index is 0. The standard InChI is InChI=1S/C8H19N.Ca/c1-3-5-7-9-8-6-4-2;/h9H,3-8H2,1-2H3;/q;+2/p+1. The molecule has 1 nitrogen and oxygen atoms in total. The molecule has 10 heavy (non-hydrogen) atoms. The summed E-state index contributed by atoms with van der Waals surface area (Å²) in [5, 5.41) is 2.42. The average Bonchev–Trinajstić information content (AvgIpc) is 1.89. The van der Waals surface area contributed by atoms with Crippen molar-refractivity contribution in [1.29, 1.82) is 0 Å². The van der Waals surface area contributed by atoms with Crippen molar-refractivity contribution < 1.29 is 5.32 Å². The van der Waals surface area contributed by atoms with Gasteiger partial charge >= 0.3 is 37.7 Å². The Morgan fingerprint density at radius 1 is 0.900 bits per heavy atom. The van der Waals surface area contributed by atoms with Gasteiger partial charge in [0.25, 0.3) is 0 Å². The van der Waals surface area contributed by atoms with Gasteiger partial charge in [-0.3, -0.25) is 0 Å². The van der Waals surface area contributed by atoms with Crippen LogP contribution in [0.5, 0.6) is 0 Å². The fraction of sp³-hybridized carbons (Fsp3) is 1.00. The third kappa shape index (κ3) is 12.0. The van der Waals surface area contributed by atoms with E-state index in [0.29, 0.717) is 0 Å². The molecule has 0 spiro atoms. The van der Waals surface area contributed by atoms with Crippen molar-refractivity contribution in [1.82, 2.24) is 0 Å². The summed E-state index contributed by atoms with van der Waals surface area (Å²) in [5.74, 6) is 0. The van der Waals surface area contributed by atoms with E-state index in [1.807, 2.05) is 0 Å². The number of rotatable bonds is 6. The molecular weight excluding hydrogens is 150 g/mol. The summed E-state index contributed by atoms with van der Waals surface area (Å²) in [6.45, 7) is 7.15. The van der Waals surface area contributed by atoms with Crippen molar-refractivity contribution in [2.45, 2.75) is 39.5 Å². The molecule has 0 amide bonds. The minimum Gasteiger partial charge on any atom is -0.346 e. The molecule has 0 atom stereocenters. The monoisotopic (exact) mass is 170 g/mol. The van der Waals surface area contributed by atoms with Gasteiger partial charge in [-0.2, -0.15) is 0 Å². The van der Waals surface area contributed by atoms with Crippen LogP contribution in [0.4, 0.5) is 0 Å². The molecule has 56 valence electrons. The molecular formula is C8H20CaN+3. The SMILES string of the molecule is CCCC[NH2+]CCCC.[Ca+2]. The first-order valence-electron chi connectivity index (χ1n) is 4.23. The second-order valence-corrected chi connectivity index (χ2v) is 2.57. The molecule has 0 saturated carbocycles. The van der Waals surface area contributed by atoms with E-state index in [4.69, 9.17) is 0 Å². The number of hydrogen-bond donors (Lipinski definition) is 1. The van der Waals surface area contributed by atoms with Crippen molar-refractivity contribution in [3.05, 3.63) is 0 Å². The van der Waals surface area contributed by atoms with E-state index < -0.39 is 0 Å². The van der Waals surface area contributed by atoms with Crippen LogP contribution in [0.15, 0.2) is 0 Å². The van der Waals surface area contributed by atoms with Crippen LogP contribution in [-0.4, -0.2) is 50.8 Å². The van der Waals surface area contributed by atoms with E-state index in [1.54, 1.807) is 0 Å². The van der Waals surface area contributed by atoms with Gasteiger partial charge in [0.2, 0.25) is 0 Å². The molecule has 2 N–H and O–H groups in total. The zero-order valence-electron chi connectivity index (χ0n) is 7.53. The Kier molecular flexibility index (Phi) is 17.7. The fourth-order valence-corrected chi connectivity index (χ4v) is 0.841. The molecule has 0 aliphatic heterocycles. The molecule has 0 saturated heterocycles. The molecule has 0 aromatic rings. The van der Waals surface area contributed by atoms with Crippen molar-refractivity contribution in [2.75, 3.05) is 13.1 Å². The quantitative estimate of drug-likeness (QED) is 0.448. The van der Waals surface area contributed by atoms with Crippen molar-refractivity contribution in [3.63, 3.8) is 0 Å². The maximum atomic E-state index is 2.42. The summed E-state index contributed by atoms with van der Waals surface area (Å²) in [4.78, 5) is 0. The molecule has 0 aliphatic carbocycles. The largest absolute Gasteiger partial charge is 2.00 e. The zero-order valence-corrected chi connectivity index (χ0v) is 9.74. The van der Waals surface area contributed by atoms with E-state index in [1.165, 1.54) is 38.8 Å². The number of nitrogens with two attached hydrogens (primary N) is 1. The summed E-state index contributed by atoms with van der Waals surface area (Å²) in [5.41, 5.74) is 0. The Hall–Kier alpha value is 1.22. The van der Waals surface area contributed by atoms with Crippen LogP contribution < -0.4 is 5.32 Å². The normalized spacial score (nSPS) is 9.00. The smallest absolute Gasteiger partial charge is 0.346 e. The second kappa shape index (κ2) is 12.9. The third-order valence-corrected chi connectivity index (χ3v) is 1.52. The molecule has 0 radical (unpaired) electrons. The summed E-state index contributed by atoms with van der Waals surface area (Å²) in [6, 6.07) is 0. The first-order valence-corrected chi connectivity index (χ1v) is 4.23. The maximum absolute atomic E-state index is 2.42. The minimum atomic E-state index is 0. The van der Waals surface area contributed by atoms with Crippen LogP contribution in [0, 0.1) is 0 Å². The topological polar surface area (TPSA) is 16.6 Å². The van der Waals surface area contributed by atoms with Gasteiger partial charge in [-0.15, -0.1) is 0 Å². The molecule has 0 fully saturated rings. The summed E-state index contributed by atoms with van der Waals surface area (Å²) < 4.78 is 0. The third-order valence-electron chi connectivity index (χ3n) is 1.52. The number of quaternary nitrogens is 1. The second-order valence-electron chi connectivity index (χ2n) is 2.57. The first-order chi connectivity index (χ1) is 4.41. The Labute approximate surface area is 95.0 Å². The summed E-state index contributed by atoms with van der Waals surface area (Å²) in [6.07, 6.45) is 5.43. The van der Waals surface area contributed by atoms with E-state index in [0.717, 1.165) is 0 Å². The van der Waals surface area contributed by atoms with Crippen LogP contribution in [0.2, 0.25) is 0 Å². The fourth-order valence-electron chi connectivity index (χ4n) is 0.841. The van der Waals surface area contributed by atoms with Gasteiger partial charge in [0.15, 0.2) is 0 Å². The molecule has 0 aromatic heterocycles. The Morgan fingerprint density at radius 3 is 1.60 bits per heavy atom. The van der Waals surface area contributed by atoms with Crippen LogP contribution in [0.3, 0.4) is 0 Å². The Balaban J connectivity index is 0. The Morgan fingerprint density at radius 2 is 1.30 bits per heavy atom. The van der Waals surface area contributed by atoms with Gasteiger partial charge in [-0.05, 0) is 12.8 Å². The number of unbranched alkanes of at least 4 members (excludes halogenated alkanes) is 2. The molecule has 2 heteroatoms. The zero-order chi connectivity index (χ0) is 6.95. The van der Waals surface area contributed by atoms with Gasteiger partial charge in [0.05, 0.1) is 13.1 Å². The van der Waals surface area contributed by atoms with E-state index in [-0.39, 0.29) is 37.7 Å². The molecule has 0 bridgehead atoms. The first kappa shape index (κ1) is 13.8. The average molecular weight is 170 g/mol.